The van der Waals surface area contributed by atoms with Gasteiger partial charge in [-0.15, -0.1) is 24.0 Å². The molecule has 27 heavy (non-hydrogen) atoms. The minimum atomic E-state index is 0. The van der Waals surface area contributed by atoms with Crippen molar-refractivity contribution in [1.82, 2.24) is 25.3 Å². The Hall–Kier alpha value is -2.10. The van der Waals surface area contributed by atoms with Gasteiger partial charge >= 0.3 is 0 Å². The lowest BCUT2D eigenvalue weighted by Crippen LogP contribution is -2.38. The number of aromatic nitrogens is 2. The molecule has 7 nitrogen and oxygen atoms in total. The summed E-state index contributed by atoms with van der Waals surface area (Å²) in [5, 5.41) is 10.7. The maximum absolute atomic E-state index is 11.6. The average molecular weight is 484 g/mol. The molecule has 0 saturated heterocycles. The van der Waals surface area contributed by atoms with Gasteiger partial charge in [0.15, 0.2) is 5.96 Å². The highest BCUT2D eigenvalue weighted by Crippen LogP contribution is 2.08. The first-order valence-corrected chi connectivity index (χ1v) is 8.91. The normalized spacial score (nSPS) is 10.9. The van der Waals surface area contributed by atoms with Crippen LogP contribution in [0.1, 0.15) is 18.9 Å². The number of halogens is 1. The van der Waals surface area contributed by atoms with Gasteiger partial charge in [0.1, 0.15) is 0 Å². The van der Waals surface area contributed by atoms with Crippen molar-refractivity contribution in [1.29, 1.82) is 0 Å². The van der Waals surface area contributed by atoms with Crippen molar-refractivity contribution >= 4 is 35.8 Å². The lowest BCUT2D eigenvalue weighted by atomic mass is 10.1. The van der Waals surface area contributed by atoms with Crippen molar-refractivity contribution in [3.63, 3.8) is 0 Å². The van der Waals surface area contributed by atoms with E-state index in [-0.39, 0.29) is 29.9 Å². The third kappa shape index (κ3) is 7.98. The molecule has 1 heterocycles. The smallest absolute Gasteiger partial charge is 0.223 e. The monoisotopic (exact) mass is 484 g/mol. The summed E-state index contributed by atoms with van der Waals surface area (Å²) in [7, 11) is 3.51. The fourth-order valence-electron chi connectivity index (χ4n) is 2.39. The summed E-state index contributed by atoms with van der Waals surface area (Å²) < 4.78 is 1.84. The third-order valence-corrected chi connectivity index (χ3v) is 3.85. The number of amides is 1. The number of rotatable bonds is 8. The van der Waals surface area contributed by atoms with Gasteiger partial charge in [-0.1, -0.05) is 12.1 Å². The van der Waals surface area contributed by atoms with Gasteiger partial charge in [-0.2, -0.15) is 5.10 Å². The van der Waals surface area contributed by atoms with E-state index in [9.17, 15) is 4.79 Å². The zero-order valence-electron chi connectivity index (χ0n) is 16.2. The molecular weight excluding hydrogens is 455 g/mol. The zero-order chi connectivity index (χ0) is 18.8. The van der Waals surface area contributed by atoms with Gasteiger partial charge in [0.05, 0.1) is 12.2 Å². The number of hydrogen-bond donors (Lipinski definition) is 2. The summed E-state index contributed by atoms with van der Waals surface area (Å²) in [6.45, 7) is 4.06. The van der Waals surface area contributed by atoms with Gasteiger partial charge in [0, 0.05) is 46.0 Å². The van der Waals surface area contributed by atoms with Crippen LogP contribution in [0, 0.1) is 0 Å². The van der Waals surface area contributed by atoms with E-state index in [0.29, 0.717) is 13.0 Å². The molecule has 2 aromatic rings. The van der Waals surface area contributed by atoms with Crippen LogP contribution in [-0.2, 0) is 11.2 Å². The second kappa shape index (κ2) is 12.3. The largest absolute Gasteiger partial charge is 0.357 e. The van der Waals surface area contributed by atoms with Crippen molar-refractivity contribution in [3.8, 4) is 5.69 Å². The Bertz CT molecular complexity index is 697. The van der Waals surface area contributed by atoms with Crippen LogP contribution in [0.5, 0.6) is 0 Å². The van der Waals surface area contributed by atoms with E-state index in [1.807, 2.05) is 23.9 Å². The summed E-state index contributed by atoms with van der Waals surface area (Å²) in [6, 6.07) is 10.3. The fraction of sp³-hybridized carbons (Fsp3) is 0.421. The number of carbonyl (C=O) groups is 1. The first-order valence-electron chi connectivity index (χ1n) is 8.91. The molecule has 2 N–H and O–H groups in total. The molecular formula is C19H29IN6O. The number of nitrogens with one attached hydrogen (secondary N) is 2. The maximum atomic E-state index is 11.6. The van der Waals surface area contributed by atoms with Crippen LogP contribution in [0.3, 0.4) is 0 Å². The van der Waals surface area contributed by atoms with Crippen molar-refractivity contribution < 1.29 is 4.79 Å². The maximum Gasteiger partial charge on any atom is 0.223 e. The van der Waals surface area contributed by atoms with Crippen LogP contribution >= 0.6 is 24.0 Å². The van der Waals surface area contributed by atoms with Gasteiger partial charge in [0.2, 0.25) is 5.91 Å². The van der Waals surface area contributed by atoms with Crippen LogP contribution in [0.15, 0.2) is 47.7 Å². The molecule has 0 bridgehead atoms. The van der Waals surface area contributed by atoms with Crippen molar-refractivity contribution in [2.24, 2.45) is 4.99 Å². The highest BCUT2D eigenvalue weighted by atomic mass is 127. The van der Waals surface area contributed by atoms with Crippen LogP contribution in [0.25, 0.3) is 5.69 Å². The molecule has 1 aromatic carbocycles. The zero-order valence-corrected chi connectivity index (χ0v) is 18.5. The predicted molar refractivity (Wildman–Crippen MR) is 120 cm³/mol. The lowest BCUT2D eigenvalue weighted by Gasteiger charge is -2.12. The van der Waals surface area contributed by atoms with Gasteiger partial charge in [-0.05, 0) is 37.1 Å². The number of guanidine groups is 1. The molecule has 0 radical (unpaired) electrons. The van der Waals surface area contributed by atoms with Crippen molar-refractivity contribution in [2.45, 2.75) is 19.8 Å². The Morgan fingerprint density at radius 2 is 1.96 bits per heavy atom. The Morgan fingerprint density at radius 3 is 2.56 bits per heavy atom. The molecule has 0 aliphatic heterocycles. The quantitative estimate of drug-likeness (QED) is 0.342. The highest BCUT2D eigenvalue weighted by Gasteiger charge is 2.03. The molecule has 8 heteroatoms. The van der Waals surface area contributed by atoms with E-state index >= 15 is 0 Å². The molecule has 1 amide bonds. The van der Waals surface area contributed by atoms with Crippen LogP contribution in [0.2, 0.25) is 0 Å². The van der Waals surface area contributed by atoms with Crippen molar-refractivity contribution in [2.75, 3.05) is 33.7 Å². The second-order valence-electron chi connectivity index (χ2n) is 6.09. The van der Waals surface area contributed by atoms with Gasteiger partial charge < -0.3 is 15.5 Å². The molecule has 0 unspecified atom stereocenters. The first-order chi connectivity index (χ1) is 12.6. The summed E-state index contributed by atoms with van der Waals surface area (Å²) >= 11 is 0. The molecule has 0 fully saturated rings. The Labute approximate surface area is 178 Å². The minimum Gasteiger partial charge on any atom is -0.357 e. The number of benzene rings is 1. The Kier molecular flexibility index (Phi) is 10.5. The summed E-state index contributed by atoms with van der Waals surface area (Å²) in [5.41, 5.74) is 2.29. The molecule has 0 atom stereocenters. The fourth-order valence-corrected chi connectivity index (χ4v) is 2.39. The molecule has 0 aliphatic carbocycles. The summed E-state index contributed by atoms with van der Waals surface area (Å²) in [6.07, 6.45) is 5.00. The summed E-state index contributed by atoms with van der Waals surface area (Å²) in [5.74, 6) is 0.828. The standard InChI is InChI=1S/C19H28N6O.HI/c1-4-20-19(22-14-11-18(26)24(2)3)21-13-10-16-6-8-17(9-7-16)25-15-5-12-23-25;/h5-9,12,15H,4,10-11,13-14H2,1-3H3,(H2,20,21,22);1H. The second-order valence-corrected chi connectivity index (χ2v) is 6.09. The SMILES string of the molecule is CCNC(=NCCC(=O)N(C)C)NCCc1ccc(-n2cccn2)cc1.I. The molecule has 2 rings (SSSR count). The molecule has 1 aromatic heterocycles. The molecule has 0 aliphatic rings. The summed E-state index contributed by atoms with van der Waals surface area (Å²) in [4.78, 5) is 17.6. The average Bonchev–Trinajstić information content (AvgIpc) is 3.16. The number of carbonyl (C=O) groups excluding carboxylic acids is 1. The van der Waals surface area contributed by atoms with E-state index in [1.165, 1.54) is 5.56 Å². The highest BCUT2D eigenvalue weighted by molar-refractivity contribution is 14.0. The predicted octanol–water partition coefficient (Wildman–Crippen LogP) is 2.07. The number of aliphatic imine (C=N–C) groups is 1. The molecule has 0 saturated carbocycles. The van der Waals surface area contributed by atoms with Crippen molar-refractivity contribution in [3.05, 3.63) is 48.3 Å². The topological polar surface area (TPSA) is 74.6 Å². The Balaban J connectivity index is 0.00000364. The Morgan fingerprint density at radius 1 is 1.22 bits per heavy atom. The van der Waals surface area contributed by atoms with Crippen LogP contribution in [-0.4, -0.2) is 60.3 Å². The van der Waals surface area contributed by atoms with E-state index in [0.717, 1.165) is 31.2 Å². The first kappa shape index (κ1) is 22.9. The van der Waals surface area contributed by atoms with Crippen LogP contribution < -0.4 is 10.6 Å². The third-order valence-electron chi connectivity index (χ3n) is 3.85. The van der Waals surface area contributed by atoms with Gasteiger partial charge in [-0.25, -0.2) is 4.68 Å². The lowest BCUT2D eigenvalue weighted by molar-refractivity contribution is -0.128. The van der Waals surface area contributed by atoms with Crippen LogP contribution in [0.4, 0.5) is 0 Å². The molecule has 148 valence electrons. The van der Waals surface area contributed by atoms with E-state index in [2.05, 4.69) is 45.0 Å². The molecule has 0 spiro atoms. The van der Waals surface area contributed by atoms with E-state index < -0.39 is 0 Å². The van der Waals surface area contributed by atoms with Gasteiger partial charge in [0.25, 0.3) is 0 Å². The van der Waals surface area contributed by atoms with E-state index in [1.54, 1.807) is 25.2 Å². The minimum absolute atomic E-state index is 0. The number of nitrogens with zero attached hydrogens (tertiary/aromatic N) is 4. The number of hydrogen-bond acceptors (Lipinski definition) is 3. The van der Waals surface area contributed by atoms with Gasteiger partial charge in [-0.3, -0.25) is 9.79 Å². The van der Waals surface area contributed by atoms with E-state index in [4.69, 9.17) is 0 Å².